The van der Waals surface area contributed by atoms with Crippen LogP contribution >= 0.6 is 15.9 Å². The summed E-state index contributed by atoms with van der Waals surface area (Å²) in [4.78, 5) is 12.4. The first kappa shape index (κ1) is 19.5. The summed E-state index contributed by atoms with van der Waals surface area (Å²) in [6, 6.07) is 18.2. The van der Waals surface area contributed by atoms with Crippen molar-refractivity contribution in [3.05, 3.63) is 76.0 Å². The van der Waals surface area contributed by atoms with E-state index in [0.29, 0.717) is 23.0 Å². The van der Waals surface area contributed by atoms with Gasteiger partial charge in [-0.15, -0.1) is 0 Å². The average molecular weight is 437 g/mol. The molecule has 3 aromatic rings. The molecule has 5 nitrogen and oxygen atoms in total. The molecule has 1 aromatic heterocycles. The zero-order valence-electron chi connectivity index (χ0n) is 15.3. The second kappa shape index (κ2) is 8.59. The van der Waals surface area contributed by atoms with Crippen LogP contribution in [0.2, 0.25) is 0 Å². The normalized spacial score (nSPS) is 11.0. The van der Waals surface area contributed by atoms with Crippen molar-refractivity contribution in [1.82, 2.24) is 0 Å². The number of methoxy groups -OCH3 is 1. The number of nitriles is 1. The second-order valence-electron chi connectivity index (χ2n) is 6.04. The number of aryl methyl sites for hydroxylation is 1. The van der Waals surface area contributed by atoms with Gasteiger partial charge in [0.1, 0.15) is 28.9 Å². The van der Waals surface area contributed by atoms with Crippen molar-refractivity contribution in [3.8, 4) is 23.1 Å². The van der Waals surface area contributed by atoms with E-state index in [-0.39, 0.29) is 5.57 Å². The fourth-order valence-electron chi connectivity index (χ4n) is 2.56. The molecule has 0 saturated carbocycles. The Balaban J connectivity index is 1.79. The molecule has 1 N–H and O–H groups in total. The standard InChI is InChI=1S/C22H17BrN2O3/c1-14-3-9-19(20(23)11-14)21-10-8-18(28-21)12-15(13-24)22(26)25-16-4-6-17(27-2)7-5-16/h3-12H,1-2H3,(H,25,26)/b15-12-. The Morgan fingerprint density at radius 3 is 2.57 bits per heavy atom. The third-order valence-corrected chi connectivity index (χ3v) is 4.67. The number of nitrogens with one attached hydrogen (secondary N) is 1. The largest absolute Gasteiger partial charge is 0.497 e. The number of amides is 1. The molecule has 0 spiro atoms. The first-order valence-electron chi connectivity index (χ1n) is 8.43. The number of carbonyl (C=O) groups excluding carboxylic acids is 1. The van der Waals surface area contributed by atoms with Crippen molar-refractivity contribution in [2.45, 2.75) is 6.92 Å². The van der Waals surface area contributed by atoms with Gasteiger partial charge in [0.2, 0.25) is 0 Å². The van der Waals surface area contributed by atoms with Crippen LogP contribution in [0.15, 0.2) is 69.1 Å². The Morgan fingerprint density at radius 2 is 1.93 bits per heavy atom. The molecule has 0 bridgehead atoms. The Hall–Kier alpha value is -3.30. The summed E-state index contributed by atoms with van der Waals surface area (Å²) in [7, 11) is 1.57. The second-order valence-corrected chi connectivity index (χ2v) is 6.89. The number of halogens is 1. The van der Waals surface area contributed by atoms with Gasteiger partial charge >= 0.3 is 0 Å². The molecule has 2 aromatic carbocycles. The fourth-order valence-corrected chi connectivity index (χ4v) is 3.25. The van der Waals surface area contributed by atoms with Gasteiger partial charge < -0.3 is 14.5 Å². The number of carbonyl (C=O) groups is 1. The highest BCUT2D eigenvalue weighted by Crippen LogP contribution is 2.31. The summed E-state index contributed by atoms with van der Waals surface area (Å²) in [5.74, 6) is 1.23. The number of rotatable bonds is 5. The molecule has 0 fully saturated rings. The van der Waals surface area contributed by atoms with Crippen molar-refractivity contribution in [2.75, 3.05) is 12.4 Å². The third-order valence-electron chi connectivity index (χ3n) is 4.02. The van der Waals surface area contributed by atoms with Crippen LogP contribution < -0.4 is 10.1 Å². The van der Waals surface area contributed by atoms with Crippen LogP contribution in [0.1, 0.15) is 11.3 Å². The van der Waals surface area contributed by atoms with Crippen LogP contribution in [-0.4, -0.2) is 13.0 Å². The molecule has 0 atom stereocenters. The summed E-state index contributed by atoms with van der Waals surface area (Å²) < 4.78 is 11.8. The maximum atomic E-state index is 12.4. The van der Waals surface area contributed by atoms with E-state index in [4.69, 9.17) is 9.15 Å². The van der Waals surface area contributed by atoms with Gasteiger partial charge in [-0.2, -0.15) is 5.26 Å². The number of nitrogens with zero attached hydrogens (tertiary/aromatic N) is 1. The van der Waals surface area contributed by atoms with E-state index in [9.17, 15) is 10.1 Å². The Labute approximate surface area is 171 Å². The van der Waals surface area contributed by atoms with E-state index in [0.717, 1.165) is 15.6 Å². The maximum absolute atomic E-state index is 12.4. The highest BCUT2D eigenvalue weighted by atomic mass is 79.9. The average Bonchev–Trinajstić information content (AvgIpc) is 3.15. The summed E-state index contributed by atoms with van der Waals surface area (Å²) >= 11 is 3.53. The lowest BCUT2D eigenvalue weighted by Gasteiger charge is -2.05. The van der Waals surface area contributed by atoms with Crippen LogP contribution in [0.5, 0.6) is 5.75 Å². The van der Waals surface area contributed by atoms with Gasteiger partial charge in [-0.1, -0.05) is 22.0 Å². The fraction of sp³-hybridized carbons (Fsp3) is 0.0909. The van der Waals surface area contributed by atoms with Crippen molar-refractivity contribution in [2.24, 2.45) is 0 Å². The Morgan fingerprint density at radius 1 is 1.18 bits per heavy atom. The van der Waals surface area contributed by atoms with Crippen molar-refractivity contribution in [1.29, 1.82) is 5.26 Å². The minimum Gasteiger partial charge on any atom is -0.497 e. The summed E-state index contributed by atoms with van der Waals surface area (Å²) in [5.41, 5.74) is 2.53. The first-order valence-corrected chi connectivity index (χ1v) is 9.23. The number of ether oxygens (including phenoxy) is 1. The van der Waals surface area contributed by atoms with E-state index >= 15 is 0 Å². The van der Waals surface area contributed by atoms with E-state index in [1.165, 1.54) is 6.08 Å². The molecule has 140 valence electrons. The van der Waals surface area contributed by atoms with Gasteiger partial charge in [0.15, 0.2) is 0 Å². The maximum Gasteiger partial charge on any atom is 0.266 e. The number of benzene rings is 2. The van der Waals surface area contributed by atoms with Crippen molar-refractivity contribution >= 4 is 33.6 Å². The van der Waals surface area contributed by atoms with Gasteiger partial charge in [0, 0.05) is 21.8 Å². The van der Waals surface area contributed by atoms with Gasteiger partial charge in [-0.05, 0) is 61.0 Å². The number of hydrogen-bond acceptors (Lipinski definition) is 4. The zero-order chi connectivity index (χ0) is 20.1. The lowest BCUT2D eigenvalue weighted by atomic mass is 10.1. The molecular weight excluding hydrogens is 420 g/mol. The molecule has 1 amide bonds. The molecule has 0 aliphatic heterocycles. The van der Waals surface area contributed by atoms with E-state index < -0.39 is 5.91 Å². The number of furan rings is 1. The smallest absolute Gasteiger partial charge is 0.266 e. The molecule has 0 aliphatic carbocycles. The summed E-state index contributed by atoms with van der Waals surface area (Å²) in [5, 5.41) is 12.1. The minimum absolute atomic E-state index is 0.0558. The van der Waals surface area contributed by atoms with Gasteiger partial charge in [0.05, 0.1) is 7.11 Å². The molecule has 6 heteroatoms. The first-order chi connectivity index (χ1) is 13.5. The quantitative estimate of drug-likeness (QED) is 0.418. The predicted octanol–water partition coefficient (Wildman–Crippen LogP) is 5.57. The molecule has 0 radical (unpaired) electrons. The van der Waals surface area contributed by atoms with Gasteiger partial charge in [-0.3, -0.25) is 4.79 Å². The molecular formula is C22H17BrN2O3. The highest BCUT2D eigenvalue weighted by Gasteiger charge is 2.12. The monoisotopic (exact) mass is 436 g/mol. The van der Waals surface area contributed by atoms with E-state index in [1.54, 1.807) is 43.5 Å². The predicted molar refractivity (Wildman–Crippen MR) is 112 cm³/mol. The highest BCUT2D eigenvalue weighted by molar-refractivity contribution is 9.10. The SMILES string of the molecule is COc1ccc(NC(=O)/C(C#N)=C\c2ccc(-c3ccc(C)cc3Br)o2)cc1. The lowest BCUT2D eigenvalue weighted by molar-refractivity contribution is -0.112. The van der Waals surface area contributed by atoms with Gasteiger partial charge in [-0.25, -0.2) is 0 Å². The molecule has 0 aliphatic rings. The van der Waals surface area contributed by atoms with Crippen LogP contribution in [0.25, 0.3) is 17.4 Å². The number of hydrogen-bond donors (Lipinski definition) is 1. The zero-order valence-corrected chi connectivity index (χ0v) is 16.9. The summed E-state index contributed by atoms with van der Waals surface area (Å²) in [6.07, 6.45) is 1.42. The van der Waals surface area contributed by atoms with Crippen LogP contribution in [0, 0.1) is 18.3 Å². The third kappa shape index (κ3) is 4.51. The molecule has 3 rings (SSSR count). The molecule has 28 heavy (non-hydrogen) atoms. The van der Waals surface area contributed by atoms with Crippen molar-refractivity contribution in [3.63, 3.8) is 0 Å². The summed E-state index contributed by atoms with van der Waals surface area (Å²) in [6.45, 7) is 2.01. The Bertz CT molecular complexity index is 1080. The van der Waals surface area contributed by atoms with Crippen molar-refractivity contribution < 1.29 is 13.9 Å². The van der Waals surface area contributed by atoms with Crippen LogP contribution in [0.4, 0.5) is 5.69 Å². The molecule has 0 saturated heterocycles. The molecule has 0 unspecified atom stereocenters. The number of anilines is 1. The molecule has 1 heterocycles. The minimum atomic E-state index is -0.512. The van der Waals surface area contributed by atoms with Crippen LogP contribution in [0.3, 0.4) is 0 Å². The Kier molecular flexibility index (Phi) is 5.97. The van der Waals surface area contributed by atoms with E-state index in [2.05, 4.69) is 21.2 Å². The van der Waals surface area contributed by atoms with E-state index in [1.807, 2.05) is 31.2 Å². The van der Waals surface area contributed by atoms with Gasteiger partial charge in [0.25, 0.3) is 5.91 Å². The topological polar surface area (TPSA) is 75.3 Å². The lowest BCUT2D eigenvalue weighted by Crippen LogP contribution is -2.13. The van der Waals surface area contributed by atoms with Crippen LogP contribution in [-0.2, 0) is 4.79 Å².